The van der Waals surface area contributed by atoms with Crippen LogP contribution in [0.4, 0.5) is 0 Å². The lowest BCUT2D eigenvalue weighted by Crippen LogP contribution is -2.30. The molecule has 0 heterocycles. The minimum absolute atomic E-state index is 0.0753. The summed E-state index contributed by atoms with van der Waals surface area (Å²) < 4.78 is 16.9. The van der Waals surface area contributed by atoms with Crippen LogP contribution >= 0.6 is 0 Å². The van der Waals surface area contributed by atoms with E-state index in [0.29, 0.717) is 19.3 Å². The third kappa shape index (κ3) is 60.2. The van der Waals surface area contributed by atoms with Gasteiger partial charge < -0.3 is 14.2 Å². The smallest absolute Gasteiger partial charge is 0.306 e. The van der Waals surface area contributed by atoms with Gasteiger partial charge in [-0.25, -0.2) is 0 Å². The summed E-state index contributed by atoms with van der Waals surface area (Å²) in [5.41, 5.74) is 0. The number of carbonyl (C=O) groups excluding carboxylic acids is 3. The SMILES string of the molecule is CCCCCC/C=C\CCCCCCCC(=O)OCC(COC(=O)CCCCCCCCCCCCCCC/C=C\C/C=C\CCCCCCC)OC(=O)CCCCCCCCC/C=C\CCCCCCCCC. The topological polar surface area (TPSA) is 78.9 Å². The van der Waals surface area contributed by atoms with Crippen molar-refractivity contribution in [2.45, 2.75) is 354 Å². The van der Waals surface area contributed by atoms with Gasteiger partial charge in [0, 0.05) is 19.3 Å². The first-order chi connectivity index (χ1) is 36.5. The van der Waals surface area contributed by atoms with Gasteiger partial charge in [-0.3, -0.25) is 14.4 Å². The third-order valence-electron chi connectivity index (χ3n) is 14.5. The Kier molecular flexibility index (Phi) is 60.7. The van der Waals surface area contributed by atoms with Crippen molar-refractivity contribution >= 4 is 17.9 Å². The van der Waals surface area contributed by atoms with Crippen LogP contribution in [0.3, 0.4) is 0 Å². The molecule has 0 saturated carbocycles. The molecule has 6 heteroatoms. The molecule has 0 amide bonds. The average molecular weight is 1040 g/mol. The maximum absolute atomic E-state index is 12.9. The predicted molar refractivity (Wildman–Crippen MR) is 321 cm³/mol. The number of esters is 3. The van der Waals surface area contributed by atoms with Crippen LogP contribution in [0.15, 0.2) is 48.6 Å². The Morgan fingerprint density at radius 1 is 0.270 bits per heavy atom. The van der Waals surface area contributed by atoms with E-state index in [9.17, 15) is 14.4 Å². The molecular formula is C68H124O6. The maximum Gasteiger partial charge on any atom is 0.306 e. The number of allylic oxidation sites excluding steroid dienone is 8. The van der Waals surface area contributed by atoms with Crippen LogP contribution in [0, 0.1) is 0 Å². The number of hydrogen-bond acceptors (Lipinski definition) is 6. The van der Waals surface area contributed by atoms with Gasteiger partial charge in [0.25, 0.3) is 0 Å². The number of ether oxygens (including phenoxy) is 3. The van der Waals surface area contributed by atoms with E-state index in [1.165, 1.54) is 238 Å². The van der Waals surface area contributed by atoms with E-state index in [1.54, 1.807) is 0 Å². The highest BCUT2D eigenvalue weighted by Crippen LogP contribution is 2.17. The van der Waals surface area contributed by atoms with Crippen molar-refractivity contribution in [2.24, 2.45) is 0 Å². The first kappa shape index (κ1) is 71.4. The number of carbonyl (C=O) groups is 3. The van der Waals surface area contributed by atoms with E-state index in [0.717, 1.165) is 70.6 Å². The van der Waals surface area contributed by atoms with Crippen molar-refractivity contribution < 1.29 is 28.6 Å². The molecule has 0 aliphatic carbocycles. The van der Waals surface area contributed by atoms with Crippen LogP contribution in [-0.4, -0.2) is 37.2 Å². The van der Waals surface area contributed by atoms with Crippen LogP contribution in [0.2, 0.25) is 0 Å². The van der Waals surface area contributed by atoms with E-state index < -0.39 is 6.10 Å². The summed E-state index contributed by atoms with van der Waals surface area (Å²) in [4.78, 5) is 38.3. The van der Waals surface area contributed by atoms with Gasteiger partial charge in [0.05, 0.1) is 0 Å². The van der Waals surface area contributed by atoms with Crippen molar-refractivity contribution in [2.75, 3.05) is 13.2 Å². The number of unbranched alkanes of at least 4 members (excludes halogenated alkanes) is 41. The zero-order valence-electron chi connectivity index (χ0n) is 49.6. The fourth-order valence-electron chi connectivity index (χ4n) is 9.58. The standard InChI is InChI=1S/C68H124O6/c1-4-7-10-13-16-19-22-25-27-29-31-32-33-34-35-36-37-39-40-43-46-49-52-55-58-61-67(70)73-64-65(63-72-66(69)60-57-54-51-48-45-42-24-21-18-15-12-9-6-3)74-68(71)62-59-56-53-50-47-44-41-38-30-28-26-23-20-17-14-11-8-5-2/h21-22,24-25,28-31,65H,4-20,23,26-27,32-64H2,1-3H3/b24-21-,25-22-,30-28-,31-29-. The molecule has 0 spiro atoms. The molecule has 0 rings (SSSR count). The highest BCUT2D eigenvalue weighted by Gasteiger charge is 2.19. The molecular weight excluding hydrogens is 913 g/mol. The quantitative estimate of drug-likeness (QED) is 0.0261. The second-order valence-electron chi connectivity index (χ2n) is 22.0. The molecule has 74 heavy (non-hydrogen) atoms. The van der Waals surface area contributed by atoms with Crippen molar-refractivity contribution in [3.05, 3.63) is 48.6 Å². The van der Waals surface area contributed by atoms with Crippen LogP contribution in [0.1, 0.15) is 348 Å². The van der Waals surface area contributed by atoms with Crippen LogP contribution in [0.25, 0.3) is 0 Å². The molecule has 0 aliphatic rings. The fraction of sp³-hybridized carbons (Fsp3) is 0.838. The first-order valence-electron chi connectivity index (χ1n) is 32.6. The summed E-state index contributed by atoms with van der Waals surface area (Å²) in [5, 5.41) is 0. The Morgan fingerprint density at radius 2 is 0.486 bits per heavy atom. The molecule has 0 aromatic carbocycles. The van der Waals surface area contributed by atoms with Gasteiger partial charge in [0.2, 0.25) is 0 Å². The fourth-order valence-corrected chi connectivity index (χ4v) is 9.58. The van der Waals surface area contributed by atoms with Crippen LogP contribution in [-0.2, 0) is 28.6 Å². The summed E-state index contributed by atoms with van der Waals surface area (Å²) >= 11 is 0. The van der Waals surface area contributed by atoms with E-state index in [4.69, 9.17) is 14.2 Å². The summed E-state index contributed by atoms with van der Waals surface area (Å²) in [6, 6.07) is 0. The van der Waals surface area contributed by atoms with E-state index in [-0.39, 0.29) is 31.1 Å². The highest BCUT2D eigenvalue weighted by atomic mass is 16.6. The number of hydrogen-bond donors (Lipinski definition) is 0. The van der Waals surface area contributed by atoms with Crippen molar-refractivity contribution in [3.63, 3.8) is 0 Å². The summed E-state index contributed by atoms with van der Waals surface area (Å²) in [7, 11) is 0. The Hall–Kier alpha value is -2.63. The Morgan fingerprint density at radius 3 is 0.770 bits per heavy atom. The summed E-state index contributed by atoms with van der Waals surface area (Å²) in [6.07, 6.45) is 78.3. The predicted octanol–water partition coefficient (Wildman–Crippen LogP) is 22.2. The second-order valence-corrected chi connectivity index (χ2v) is 22.0. The van der Waals surface area contributed by atoms with Gasteiger partial charge >= 0.3 is 17.9 Å². The van der Waals surface area contributed by atoms with Gasteiger partial charge in [0.15, 0.2) is 6.10 Å². The molecule has 0 aromatic rings. The molecule has 0 aromatic heterocycles. The molecule has 0 N–H and O–H groups in total. The first-order valence-corrected chi connectivity index (χ1v) is 32.6. The van der Waals surface area contributed by atoms with Crippen LogP contribution in [0.5, 0.6) is 0 Å². The minimum Gasteiger partial charge on any atom is -0.462 e. The molecule has 0 saturated heterocycles. The highest BCUT2D eigenvalue weighted by molar-refractivity contribution is 5.71. The zero-order valence-corrected chi connectivity index (χ0v) is 49.6. The molecule has 1 atom stereocenters. The van der Waals surface area contributed by atoms with Gasteiger partial charge in [-0.05, 0) is 103 Å². The van der Waals surface area contributed by atoms with Crippen molar-refractivity contribution in [1.29, 1.82) is 0 Å². The van der Waals surface area contributed by atoms with E-state index >= 15 is 0 Å². The molecule has 0 aliphatic heterocycles. The molecule has 6 nitrogen and oxygen atoms in total. The van der Waals surface area contributed by atoms with Crippen LogP contribution < -0.4 is 0 Å². The monoisotopic (exact) mass is 1040 g/mol. The lowest BCUT2D eigenvalue weighted by molar-refractivity contribution is -0.167. The number of rotatable bonds is 60. The van der Waals surface area contributed by atoms with Gasteiger partial charge in [-0.15, -0.1) is 0 Å². The maximum atomic E-state index is 12.9. The molecule has 0 fully saturated rings. The Bertz CT molecular complexity index is 1280. The summed E-state index contributed by atoms with van der Waals surface area (Å²) in [6.45, 7) is 6.65. The third-order valence-corrected chi connectivity index (χ3v) is 14.5. The summed E-state index contributed by atoms with van der Waals surface area (Å²) in [5.74, 6) is -0.870. The van der Waals surface area contributed by atoms with E-state index in [1.807, 2.05) is 0 Å². The van der Waals surface area contributed by atoms with E-state index in [2.05, 4.69) is 69.4 Å². The Balaban J connectivity index is 4.27. The normalized spacial score (nSPS) is 12.3. The molecule has 432 valence electrons. The minimum atomic E-state index is -0.778. The second kappa shape index (κ2) is 62.9. The van der Waals surface area contributed by atoms with Crippen molar-refractivity contribution in [3.8, 4) is 0 Å². The largest absolute Gasteiger partial charge is 0.462 e. The van der Waals surface area contributed by atoms with Gasteiger partial charge in [0.1, 0.15) is 13.2 Å². The van der Waals surface area contributed by atoms with Gasteiger partial charge in [-0.2, -0.15) is 0 Å². The average Bonchev–Trinajstić information content (AvgIpc) is 3.40. The molecule has 1 unspecified atom stereocenters. The molecule has 0 radical (unpaired) electrons. The Labute approximate surface area is 460 Å². The lowest BCUT2D eigenvalue weighted by Gasteiger charge is -2.18. The lowest BCUT2D eigenvalue weighted by atomic mass is 10.0. The molecule has 0 bridgehead atoms. The zero-order chi connectivity index (χ0) is 53.6. The van der Waals surface area contributed by atoms with Gasteiger partial charge in [-0.1, -0.05) is 275 Å². The van der Waals surface area contributed by atoms with Crippen molar-refractivity contribution in [1.82, 2.24) is 0 Å².